The summed E-state index contributed by atoms with van der Waals surface area (Å²) in [6.45, 7) is 3.57. The predicted octanol–water partition coefficient (Wildman–Crippen LogP) is 2.32. The Hall–Kier alpha value is -2.63. The number of aryl methyl sites for hydroxylation is 2. The predicted molar refractivity (Wildman–Crippen MR) is 96.0 cm³/mol. The quantitative estimate of drug-likeness (QED) is 0.908. The number of hydrogen-bond donors (Lipinski definition) is 1. The van der Waals surface area contributed by atoms with Crippen molar-refractivity contribution in [3.63, 3.8) is 0 Å². The van der Waals surface area contributed by atoms with Gasteiger partial charge in [0.25, 0.3) is 0 Å². The third kappa shape index (κ3) is 4.68. The minimum atomic E-state index is -0.148. The first-order valence-corrected chi connectivity index (χ1v) is 8.74. The lowest BCUT2D eigenvalue weighted by molar-refractivity contribution is -0.132. The van der Waals surface area contributed by atoms with Crippen LogP contribution < -0.4 is 5.32 Å². The molecule has 1 aliphatic rings. The molecule has 1 aliphatic heterocycles. The molecule has 6 heteroatoms. The lowest BCUT2D eigenvalue weighted by Crippen LogP contribution is -2.42. The molecule has 1 atom stereocenters. The van der Waals surface area contributed by atoms with Gasteiger partial charge in [0, 0.05) is 32.8 Å². The van der Waals surface area contributed by atoms with E-state index in [1.165, 1.54) is 5.56 Å². The summed E-state index contributed by atoms with van der Waals surface area (Å²) in [5, 5.41) is 7.24. The summed E-state index contributed by atoms with van der Waals surface area (Å²) < 4.78 is 1.84. The van der Waals surface area contributed by atoms with Crippen LogP contribution in [0.5, 0.6) is 0 Å². The van der Waals surface area contributed by atoms with Crippen molar-refractivity contribution in [2.45, 2.75) is 32.7 Å². The number of amides is 2. The fraction of sp³-hybridized carbons (Fsp3) is 0.421. The Morgan fingerprint density at radius 2 is 2.08 bits per heavy atom. The third-order valence-corrected chi connectivity index (χ3v) is 4.61. The average Bonchev–Trinajstić information content (AvgIpc) is 3.08. The minimum absolute atomic E-state index is 0.0335. The van der Waals surface area contributed by atoms with Gasteiger partial charge >= 0.3 is 0 Å². The summed E-state index contributed by atoms with van der Waals surface area (Å²) in [7, 11) is 0. The molecule has 2 heterocycles. The van der Waals surface area contributed by atoms with Gasteiger partial charge in [-0.05, 0) is 24.8 Å². The Balaban J connectivity index is 1.52. The van der Waals surface area contributed by atoms with Gasteiger partial charge in [0.05, 0.1) is 17.8 Å². The van der Waals surface area contributed by atoms with E-state index in [2.05, 4.69) is 22.5 Å². The third-order valence-electron chi connectivity index (χ3n) is 4.61. The zero-order valence-electron chi connectivity index (χ0n) is 14.5. The van der Waals surface area contributed by atoms with Gasteiger partial charge in [0.1, 0.15) is 0 Å². The first-order chi connectivity index (χ1) is 12.1. The Bertz CT molecular complexity index is 726. The molecule has 0 radical (unpaired) electrons. The Kier molecular flexibility index (Phi) is 5.48. The zero-order chi connectivity index (χ0) is 17.6. The molecule has 0 spiro atoms. The van der Waals surface area contributed by atoms with Crippen LogP contribution >= 0.6 is 0 Å². The normalized spacial score (nSPS) is 17.3. The second-order valence-electron chi connectivity index (χ2n) is 6.52. The lowest BCUT2D eigenvalue weighted by atomic mass is 9.97. The monoisotopic (exact) mass is 340 g/mol. The van der Waals surface area contributed by atoms with Crippen LogP contribution in [0.3, 0.4) is 0 Å². The smallest absolute Gasteiger partial charge is 0.229 e. The lowest BCUT2D eigenvalue weighted by Gasteiger charge is -2.31. The summed E-state index contributed by atoms with van der Waals surface area (Å²) >= 11 is 0. The molecule has 1 aromatic carbocycles. The molecule has 0 bridgehead atoms. The molecular weight excluding hydrogens is 316 g/mol. The first kappa shape index (κ1) is 17.2. The molecule has 1 N–H and O–H groups in total. The van der Waals surface area contributed by atoms with Crippen LogP contribution in [0.4, 0.5) is 5.69 Å². The van der Waals surface area contributed by atoms with E-state index in [1.807, 2.05) is 29.1 Å². The minimum Gasteiger partial charge on any atom is -0.342 e. The van der Waals surface area contributed by atoms with E-state index < -0.39 is 0 Å². The van der Waals surface area contributed by atoms with Crippen molar-refractivity contribution in [2.24, 2.45) is 5.92 Å². The summed E-state index contributed by atoms with van der Waals surface area (Å²) in [6.07, 6.45) is 6.11. The van der Waals surface area contributed by atoms with E-state index >= 15 is 0 Å². The number of nitrogens with zero attached hydrogens (tertiary/aromatic N) is 3. The van der Waals surface area contributed by atoms with Crippen molar-refractivity contribution in [2.75, 3.05) is 18.4 Å². The highest BCUT2D eigenvalue weighted by Crippen LogP contribution is 2.19. The van der Waals surface area contributed by atoms with Crippen LogP contribution in [0.15, 0.2) is 42.7 Å². The van der Waals surface area contributed by atoms with Gasteiger partial charge in [0.2, 0.25) is 11.8 Å². The van der Waals surface area contributed by atoms with Crippen LogP contribution in [-0.2, 0) is 22.6 Å². The highest BCUT2D eigenvalue weighted by molar-refractivity contribution is 5.92. The fourth-order valence-corrected chi connectivity index (χ4v) is 3.16. The Morgan fingerprint density at radius 3 is 2.84 bits per heavy atom. The second-order valence-corrected chi connectivity index (χ2v) is 6.52. The maximum Gasteiger partial charge on any atom is 0.229 e. The number of carbonyl (C=O) groups is 2. The molecule has 2 amide bonds. The topological polar surface area (TPSA) is 67.2 Å². The number of anilines is 1. The molecule has 1 aromatic heterocycles. The molecule has 1 saturated heterocycles. The van der Waals surface area contributed by atoms with Gasteiger partial charge in [-0.25, -0.2) is 0 Å². The number of likely N-dealkylation sites (tertiary alicyclic amines) is 1. The maximum absolute atomic E-state index is 12.4. The van der Waals surface area contributed by atoms with E-state index in [0.717, 1.165) is 32.4 Å². The van der Waals surface area contributed by atoms with Crippen molar-refractivity contribution in [3.8, 4) is 0 Å². The van der Waals surface area contributed by atoms with E-state index in [9.17, 15) is 9.59 Å². The zero-order valence-corrected chi connectivity index (χ0v) is 14.5. The molecule has 25 heavy (non-hydrogen) atoms. The van der Waals surface area contributed by atoms with Crippen LogP contribution in [0.1, 0.15) is 25.3 Å². The summed E-state index contributed by atoms with van der Waals surface area (Å²) in [5.74, 6) is -0.148. The molecule has 0 unspecified atom stereocenters. The highest BCUT2D eigenvalue weighted by Gasteiger charge is 2.27. The number of hydrogen-bond acceptors (Lipinski definition) is 3. The van der Waals surface area contributed by atoms with Crippen molar-refractivity contribution in [3.05, 3.63) is 48.3 Å². The highest BCUT2D eigenvalue weighted by atomic mass is 16.2. The van der Waals surface area contributed by atoms with Gasteiger partial charge in [-0.2, -0.15) is 5.10 Å². The van der Waals surface area contributed by atoms with Gasteiger partial charge in [-0.1, -0.05) is 30.3 Å². The number of benzene rings is 1. The number of nitrogens with one attached hydrogen (secondary N) is 1. The first-order valence-electron chi connectivity index (χ1n) is 8.74. The van der Waals surface area contributed by atoms with E-state index in [-0.39, 0.29) is 17.7 Å². The Morgan fingerprint density at radius 1 is 1.28 bits per heavy atom. The number of piperidine rings is 1. The number of carbonyl (C=O) groups excluding carboxylic acids is 2. The summed E-state index contributed by atoms with van der Waals surface area (Å²) in [4.78, 5) is 25.7. The van der Waals surface area contributed by atoms with Crippen molar-refractivity contribution < 1.29 is 9.59 Å². The SMILES string of the molecule is CC(=O)N1CCC[C@H](C(=O)Nc2cnn(CCc3ccccc3)c2)C1. The van der Waals surface area contributed by atoms with E-state index in [0.29, 0.717) is 12.2 Å². The van der Waals surface area contributed by atoms with E-state index in [4.69, 9.17) is 0 Å². The van der Waals surface area contributed by atoms with Crippen LogP contribution in [0.2, 0.25) is 0 Å². The number of aromatic nitrogens is 2. The summed E-state index contributed by atoms with van der Waals surface area (Å²) in [5.41, 5.74) is 1.97. The van der Waals surface area contributed by atoms with Crippen LogP contribution in [-0.4, -0.2) is 39.6 Å². The van der Waals surface area contributed by atoms with Crippen molar-refractivity contribution in [1.82, 2.24) is 14.7 Å². The fourth-order valence-electron chi connectivity index (χ4n) is 3.16. The summed E-state index contributed by atoms with van der Waals surface area (Å²) in [6, 6.07) is 10.2. The van der Waals surface area contributed by atoms with Gasteiger partial charge < -0.3 is 10.2 Å². The molecule has 1 fully saturated rings. The largest absolute Gasteiger partial charge is 0.342 e. The van der Waals surface area contributed by atoms with Crippen molar-refractivity contribution in [1.29, 1.82) is 0 Å². The molecular formula is C19H24N4O2. The standard InChI is InChI=1S/C19H24N4O2/c1-15(24)22-10-5-8-17(13-22)19(25)21-18-12-20-23(14-18)11-9-16-6-3-2-4-7-16/h2-4,6-7,12,14,17H,5,8-11,13H2,1H3,(H,21,25)/t17-/m0/s1. The van der Waals surface area contributed by atoms with Gasteiger partial charge in [-0.15, -0.1) is 0 Å². The van der Waals surface area contributed by atoms with Gasteiger partial charge in [0.15, 0.2) is 0 Å². The second kappa shape index (κ2) is 7.96. The molecule has 3 rings (SSSR count). The molecule has 0 saturated carbocycles. The molecule has 132 valence electrons. The molecule has 6 nitrogen and oxygen atoms in total. The number of rotatable bonds is 5. The average molecular weight is 340 g/mol. The maximum atomic E-state index is 12.4. The Labute approximate surface area is 147 Å². The molecule has 0 aliphatic carbocycles. The van der Waals surface area contributed by atoms with Gasteiger partial charge in [-0.3, -0.25) is 14.3 Å². The van der Waals surface area contributed by atoms with Crippen LogP contribution in [0.25, 0.3) is 0 Å². The molecule has 2 aromatic rings. The van der Waals surface area contributed by atoms with Crippen molar-refractivity contribution >= 4 is 17.5 Å². The van der Waals surface area contributed by atoms with Crippen LogP contribution in [0, 0.1) is 5.92 Å². The van der Waals surface area contributed by atoms with E-state index in [1.54, 1.807) is 18.0 Å².